The summed E-state index contributed by atoms with van der Waals surface area (Å²) in [6.07, 6.45) is -2.33. The predicted molar refractivity (Wildman–Crippen MR) is 161 cm³/mol. The summed E-state index contributed by atoms with van der Waals surface area (Å²) >= 11 is 0. The van der Waals surface area contributed by atoms with Crippen LogP contribution in [0.25, 0.3) is 0 Å². The van der Waals surface area contributed by atoms with E-state index >= 15 is 4.39 Å². The number of carbonyl (C=O) groups is 5. The number of aliphatic hydroxyl groups excluding tert-OH is 1. The number of fused-ring (bicyclic) bond motifs is 2. The van der Waals surface area contributed by atoms with Crippen molar-refractivity contribution in [2.24, 2.45) is 5.92 Å². The Morgan fingerprint density at radius 3 is 2.26 bits per heavy atom. The highest BCUT2D eigenvalue weighted by molar-refractivity contribution is 7.90. The zero-order valence-corrected chi connectivity index (χ0v) is 26.1. The quantitative estimate of drug-likeness (QED) is 0.424. The number of imide groups is 2. The molecule has 0 bridgehead atoms. The van der Waals surface area contributed by atoms with Gasteiger partial charge in [-0.05, 0) is 36.2 Å². The second-order valence-electron chi connectivity index (χ2n) is 12.6. The molecule has 0 saturated carbocycles. The van der Waals surface area contributed by atoms with Crippen molar-refractivity contribution >= 4 is 50.7 Å². The van der Waals surface area contributed by atoms with Crippen LogP contribution in [0.15, 0.2) is 29.2 Å². The number of sulfone groups is 1. The average Bonchev–Trinajstić information content (AvgIpc) is 3.42. The lowest BCUT2D eigenvalue weighted by atomic mass is 9.95. The van der Waals surface area contributed by atoms with E-state index in [1.54, 1.807) is 15.9 Å². The summed E-state index contributed by atoms with van der Waals surface area (Å²) in [5.74, 6) is -3.98. The number of piperidine rings is 1. The smallest absolute Gasteiger partial charge is 0.262 e. The molecule has 1 unspecified atom stereocenters. The van der Waals surface area contributed by atoms with Crippen LogP contribution in [0.2, 0.25) is 0 Å². The van der Waals surface area contributed by atoms with E-state index in [1.165, 1.54) is 12.1 Å². The molecule has 1 aliphatic carbocycles. The molecule has 248 valence electrons. The molecule has 2 aromatic rings. The van der Waals surface area contributed by atoms with Crippen molar-refractivity contribution in [3.05, 3.63) is 52.3 Å². The topological polar surface area (TPSA) is 165 Å². The highest BCUT2D eigenvalue weighted by Crippen LogP contribution is 2.44. The van der Waals surface area contributed by atoms with Gasteiger partial charge < -0.3 is 19.8 Å². The summed E-state index contributed by atoms with van der Waals surface area (Å²) in [5.41, 5.74) is 1.01. The minimum Gasteiger partial charge on any atom is -0.385 e. The fourth-order valence-corrected chi connectivity index (χ4v) is 8.21. The van der Waals surface area contributed by atoms with Crippen molar-refractivity contribution < 1.29 is 46.3 Å². The predicted octanol–water partition coefficient (Wildman–Crippen LogP) is 0.343. The van der Waals surface area contributed by atoms with Gasteiger partial charge in [-0.3, -0.25) is 34.2 Å². The number of halogens is 2. The number of amides is 5. The van der Waals surface area contributed by atoms with Crippen LogP contribution in [0.3, 0.4) is 0 Å². The number of hydrogen-bond donors (Lipinski definition) is 2. The molecular weight excluding hydrogens is 640 g/mol. The molecule has 4 aliphatic heterocycles. The summed E-state index contributed by atoms with van der Waals surface area (Å²) in [7, 11) is -3.69. The van der Waals surface area contributed by atoms with Crippen LogP contribution in [0.5, 0.6) is 0 Å². The van der Waals surface area contributed by atoms with E-state index in [1.807, 2.05) is 4.90 Å². The third-order valence-corrected chi connectivity index (χ3v) is 10.9. The third-order valence-electron chi connectivity index (χ3n) is 9.74. The molecule has 0 spiro atoms. The molecule has 5 aliphatic rings. The van der Waals surface area contributed by atoms with Crippen molar-refractivity contribution in [3.8, 4) is 0 Å². The van der Waals surface area contributed by atoms with Gasteiger partial charge in [0, 0.05) is 69.6 Å². The van der Waals surface area contributed by atoms with Gasteiger partial charge in [0.25, 0.3) is 11.8 Å². The highest BCUT2D eigenvalue weighted by Gasteiger charge is 2.46. The van der Waals surface area contributed by atoms with Crippen molar-refractivity contribution in [3.63, 3.8) is 0 Å². The van der Waals surface area contributed by atoms with Gasteiger partial charge in [0.1, 0.15) is 24.1 Å². The third kappa shape index (κ3) is 5.04. The number of benzene rings is 2. The highest BCUT2D eigenvalue weighted by atomic mass is 32.2. The van der Waals surface area contributed by atoms with Gasteiger partial charge in [-0.15, -0.1) is 0 Å². The number of nitrogens with zero attached hydrogens (tertiary/aromatic N) is 4. The molecule has 3 atom stereocenters. The number of hydrogen-bond acceptors (Lipinski definition) is 10. The van der Waals surface area contributed by atoms with E-state index in [0.717, 1.165) is 17.2 Å². The lowest BCUT2D eigenvalue weighted by Gasteiger charge is -2.44. The number of rotatable bonds is 5. The minimum atomic E-state index is -3.69. The van der Waals surface area contributed by atoms with Gasteiger partial charge in [-0.25, -0.2) is 17.2 Å². The van der Waals surface area contributed by atoms with E-state index in [-0.39, 0.29) is 84.5 Å². The van der Waals surface area contributed by atoms with Crippen LogP contribution in [0.4, 0.5) is 20.2 Å². The Morgan fingerprint density at radius 1 is 0.957 bits per heavy atom. The first kappa shape index (κ1) is 31.2. The molecule has 3 fully saturated rings. The first-order valence-corrected chi connectivity index (χ1v) is 17.2. The standard InChI is InChI=1S/C31H31F2N5O8S/c1-47(45,46)24-4-2-21(18-11-20(33)27(40)26(18)24)37-13-15(14-37)29(42)36-8-6-35(7-9-36)23-12-17-16(10-19(23)32)30(43)38(31(17)44)22-3-5-25(39)34-28(22)41/h2,4,10,12,15,20,22,27,40H,3,5-9,11,13-14H2,1H3,(H,34,39,41)/t20-,22?,27+/m0/s1. The fraction of sp³-hybridized carbons (Fsp3) is 0.452. The zero-order valence-electron chi connectivity index (χ0n) is 25.2. The number of alkyl halides is 1. The Balaban J connectivity index is 0.997. The van der Waals surface area contributed by atoms with Crippen molar-refractivity contribution in [2.75, 3.05) is 55.3 Å². The number of aliphatic hydroxyl groups is 1. The Kier molecular flexibility index (Phi) is 7.35. The van der Waals surface area contributed by atoms with Gasteiger partial charge in [-0.1, -0.05) is 0 Å². The van der Waals surface area contributed by atoms with Crippen molar-refractivity contribution in [1.82, 2.24) is 15.1 Å². The molecule has 16 heteroatoms. The van der Waals surface area contributed by atoms with Crippen LogP contribution in [0, 0.1) is 11.7 Å². The number of anilines is 2. The molecule has 47 heavy (non-hydrogen) atoms. The second kappa shape index (κ2) is 11.1. The fourth-order valence-electron chi connectivity index (χ4n) is 7.26. The monoisotopic (exact) mass is 671 g/mol. The van der Waals surface area contributed by atoms with E-state index in [9.17, 15) is 41.9 Å². The molecule has 0 radical (unpaired) electrons. The molecule has 0 aromatic heterocycles. The van der Waals surface area contributed by atoms with Gasteiger partial charge in [0.15, 0.2) is 9.84 Å². The molecular formula is C31H31F2N5O8S. The van der Waals surface area contributed by atoms with Crippen molar-refractivity contribution in [2.45, 2.75) is 42.5 Å². The Labute approximate surface area is 268 Å². The van der Waals surface area contributed by atoms with Crippen LogP contribution in [0.1, 0.15) is 50.8 Å². The van der Waals surface area contributed by atoms with Gasteiger partial charge >= 0.3 is 0 Å². The first-order valence-electron chi connectivity index (χ1n) is 15.3. The maximum absolute atomic E-state index is 15.3. The Hall–Kier alpha value is -4.44. The summed E-state index contributed by atoms with van der Waals surface area (Å²) in [5, 5.41) is 12.5. The number of nitrogens with one attached hydrogen (secondary N) is 1. The largest absolute Gasteiger partial charge is 0.385 e. The molecule has 2 N–H and O–H groups in total. The Bertz CT molecular complexity index is 1870. The SMILES string of the molecule is CS(=O)(=O)c1ccc(N2CC(C(=O)N3CCN(c4cc5c(cc4F)C(=O)N(C4CCC(=O)NC4=O)C5=O)CC3)C2)c2c1[C@H](O)[C@@H](F)C2. The first-order chi connectivity index (χ1) is 22.2. The maximum Gasteiger partial charge on any atom is 0.262 e. The lowest BCUT2D eigenvalue weighted by Crippen LogP contribution is -2.58. The lowest BCUT2D eigenvalue weighted by molar-refractivity contribution is -0.137. The molecule has 4 heterocycles. The second-order valence-corrected chi connectivity index (χ2v) is 14.6. The normalized spacial score (nSPS) is 24.8. The van der Waals surface area contributed by atoms with Gasteiger partial charge in [0.05, 0.1) is 27.6 Å². The van der Waals surface area contributed by atoms with Gasteiger partial charge in [-0.2, -0.15) is 0 Å². The van der Waals surface area contributed by atoms with E-state index in [4.69, 9.17) is 0 Å². The van der Waals surface area contributed by atoms with E-state index in [2.05, 4.69) is 5.32 Å². The average molecular weight is 672 g/mol. The van der Waals surface area contributed by atoms with Crippen LogP contribution < -0.4 is 15.1 Å². The minimum absolute atomic E-state index is 0.0148. The Morgan fingerprint density at radius 2 is 1.62 bits per heavy atom. The summed E-state index contributed by atoms with van der Waals surface area (Å²) < 4.78 is 54.3. The maximum atomic E-state index is 15.3. The molecule has 5 amide bonds. The van der Waals surface area contributed by atoms with Crippen LogP contribution in [-0.4, -0.2) is 111 Å². The van der Waals surface area contributed by atoms with Crippen LogP contribution >= 0.6 is 0 Å². The zero-order chi connectivity index (χ0) is 33.5. The molecule has 3 saturated heterocycles. The van der Waals surface area contributed by atoms with Crippen LogP contribution in [-0.2, 0) is 30.6 Å². The molecule has 7 rings (SSSR count). The number of piperazine rings is 1. The van der Waals surface area contributed by atoms with E-state index in [0.29, 0.717) is 24.3 Å². The number of carbonyl (C=O) groups excluding carboxylic acids is 5. The summed E-state index contributed by atoms with van der Waals surface area (Å²) in [6, 6.07) is 4.08. The van der Waals surface area contributed by atoms with E-state index < -0.39 is 57.6 Å². The molecule has 2 aromatic carbocycles. The summed E-state index contributed by atoms with van der Waals surface area (Å²) in [6.45, 7) is 1.72. The molecule has 13 nitrogen and oxygen atoms in total. The summed E-state index contributed by atoms with van der Waals surface area (Å²) in [4.78, 5) is 69.3. The van der Waals surface area contributed by atoms with Crippen molar-refractivity contribution in [1.29, 1.82) is 0 Å². The van der Waals surface area contributed by atoms with Gasteiger partial charge in [0.2, 0.25) is 17.7 Å².